The zero-order chi connectivity index (χ0) is 16.3. The molecule has 5 rings (SSSR count). The molecule has 0 unspecified atom stereocenters. The van der Waals surface area contributed by atoms with Crippen LogP contribution in [0.3, 0.4) is 0 Å². The molecule has 2 heterocycles. The molecule has 3 aliphatic rings. The van der Waals surface area contributed by atoms with E-state index in [1.54, 1.807) is 0 Å². The second-order valence-corrected chi connectivity index (χ2v) is 6.68. The SMILES string of the molecule is O=C1c2ccccc2N[C@H](c2cc(Cl)c3c(c2)OCO3)N1C1CC1. The summed E-state index contributed by atoms with van der Waals surface area (Å²) in [4.78, 5) is 14.9. The first kappa shape index (κ1) is 14.0. The summed E-state index contributed by atoms with van der Waals surface area (Å²) >= 11 is 6.34. The van der Waals surface area contributed by atoms with Gasteiger partial charge in [0, 0.05) is 17.3 Å². The fourth-order valence-corrected chi connectivity index (χ4v) is 3.66. The fourth-order valence-electron chi connectivity index (χ4n) is 3.39. The van der Waals surface area contributed by atoms with Crippen molar-refractivity contribution in [1.82, 2.24) is 4.90 Å². The van der Waals surface area contributed by atoms with Crippen molar-refractivity contribution < 1.29 is 14.3 Å². The number of hydrogen-bond acceptors (Lipinski definition) is 4. The van der Waals surface area contributed by atoms with Gasteiger partial charge in [0.15, 0.2) is 11.5 Å². The van der Waals surface area contributed by atoms with Crippen LogP contribution in [-0.4, -0.2) is 23.6 Å². The van der Waals surface area contributed by atoms with Gasteiger partial charge in [-0.25, -0.2) is 0 Å². The molecule has 1 N–H and O–H groups in total. The van der Waals surface area contributed by atoms with Gasteiger partial charge in [0.25, 0.3) is 5.91 Å². The third-order valence-corrected chi connectivity index (χ3v) is 4.95. The third kappa shape index (κ3) is 2.04. The Morgan fingerprint density at radius 2 is 2.00 bits per heavy atom. The average molecular weight is 343 g/mol. The van der Waals surface area contributed by atoms with Crippen molar-refractivity contribution in [2.75, 3.05) is 12.1 Å². The molecule has 2 aromatic carbocycles. The number of para-hydroxylation sites is 1. The Labute approximate surface area is 144 Å². The maximum atomic E-state index is 13.0. The summed E-state index contributed by atoms with van der Waals surface area (Å²) in [6.45, 7) is 0.171. The zero-order valence-corrected chi connectivity index (χ0v) is 13.5. The second-order valence-electron chi connectivity index (χ2n) is 6.27. The summed E-state index contributed by atoms with van der Waals surface area (Å²) in [7, 11) is 0. The Kier molecular flexibility index (Phi) is 2.94. The van der Waals surface area contributed by atoms with E-state index in [1.807, 2.05) is 41.3 Å². The number of ether oxygens (including phenoxy) is 2. The lowest BCUT2D eigenvalue weighted by Gasteiger charge is -2.38. The van der Waals surface area contributed by atoms with Crippen molar-refractivity contribution in [2.45, 2.75) is 25.0 Å². The second kappa shape index (κ2) is 5.05. The van der Waals surface area contributed by atoms with Crippen LogP contribution in [0.25, 0.3) is 0 Å². The highest BCUT2D eigenvalue weighted by molar-refractivity contribution is 6.32. The number of nitrogens with one attached hydrogen (secondary N) is 1. The molecule has 0 saturated heterocycles. The van der Waals surface area contributed by atoms with E-state index in [0.717, 1.165) is 24.1 Å². The van der Waals surface area contributed by atoms with Gasteiger partial charge in [0.2, 0.25) is 6.79 Å². The predicted octanol–water partition coefficient (Wildman–Crippen LogP) is 3.80. The first-order valence-electron chi connectivity index (χ1n) is 7.99. The van der Waals surface area contributed by atoms with Crippen molar-refractivity contribution in [3.63, 3.8) is 0 Å². The van der Waals surface area contributed by atoms with E-state index >= 15 is 0 Å². The van der Waals surface area contributed by atoms with Gasteiger partial charge in [-0.1, -0.05) is 23.7 Å². The molecule has 0 radical (unpaired) electrons. The van der Waals surface area contributed by atoms with E-state index < -0.39 is 0 Å². The third-order valence-electron chi connectivity index (χ3n) is 4.67. The Bertz CT molecular complexity index is 850. The van der Waals surface area contributed by atoms with Crippen LogP contribution in [0.1, 0.15) is 34.9 Å². The van der Waals surface area contributed by atoms with Crippen LogP contribution in [0.5, 0.6) is 11.5 Å². The van der Waals surface area contributed by atoms with Crippen molar-refractivity contribution in [1.29, 1.82) is 0 Å². The van der Waals surface area contributed by atoms with Crippen LogP contribution >= 0.6 is 11.6 Å². The van der Waals surface area contributed by atoms with Crippen LogP contribution in [-0.2, 0) is 0 Å². The number of carbonyl (C=O) groups is 1. The lowest BCUT2D eigenvalue weighted by atomic mass is 10.0. The van der Waals surface area contributed by atoms with Crippen LogP contribution < -0.4 is 14.8 Å². The quantitative estimate of drug-likeness (QED) is 0.902. The minimum atomic E-state index is -0.258. The Balaban J connectivity index is 1.62. The molecule has 6 heteroatoms. The van der Waals surface area contributed by atoms with Gasteiger partial charge in [-0.15, -0.1) is 0 Å². The number of amides is 1. The van der Waals surface area contributed by atoms with E-state index in [-0.39, 0.29) is 24.9 Å². The topological polar surface area (TPSA) is 50.8 Å². The largest absolute Gasteiger partial charge is 0.454 e. The summed E-state index contributed by atoms with van der Waals surface area (Å²) in [6.07, 6.45) is 1.81. The molecule has 24 heavy (non-hydrogen) atoms. The smallest absolute Gasteiger partial charge is 0.258 e. The first-order chi connectivity index (χ1) is 11.7. The van der Waals surface area contributed by atoms with Gasteiger partial charge in [0.1, 0.15) is 6.17 Å². The molecular formula is C18H15ClN2O3. The van der Waals surface area contributed by atoms with Crippen molar-refractivity contribution in [2.24, 2.45) is 0 Å². The summed E-state index contributed by atoms with van der Waals surface area (Å²) < 4.78 is 10.9. The highest BCUT2D eigenvalue weighted by Gasteiger charge is 2.42. The van der Waals surface area contributed by atoms with E-state index in [1.165, 1.54) is 0 Å². The highest BCUT2D eigenvalue weighted by atomic mass is 35.5. The molecule has 5 nitrogen and oxygen atoms in total. The lowest BCUT2D eigenvalue weighted by Crippen LogP contribution is -2.44. The van der Waals surface area contributed by atoms with E-state index in [0.29, 0.717) is 22.1 Å². The first-order valence-corrected chi connectivity index (χ1v) is 8.37. The fraction of sp³-hybridized carbons (Fsp3) is 0.278. The minimum Gasteiger partial charge on any atom is -0.454 e. The van der Waals surface area contributed by atoms with Gasteiger partial charge in [-0.3, -0.25) is 4.79 Å². The van der Waals surface area contributed by atoms with Crippen molar-refractivity contribution >= 4 is 23.2 Å². The summed E-state index contributed by atoms with van der Waals surface area (Å²) in [5.41, 5.74) is 2.46. The van der Waals surface area contributed by atoms with E-state index in [9.17, 15) is 4.79 Å². The van der Waals surface area contributed by atoms with Gasteiger partial charge in [-0.2, -0.15) is 0 Å². The highest BCUT2D eigenvalue weighted by Crippen LogP contribution is 2.45. The Hall–Kier alpha value is -2.40. The number of benzene rings is 2. The zero-order valence-electron chi connectivity index (χ0n) is 12.8. The summed E-state index contributed by atoms with van der Waals surface area (Å²) in [5.74, 6) is 1.26. The molecule has 0 bridgehead atoms. The minimum absolute atomic E-state index is 0.0608. The molecule has 1 atom stereocenters. The molecule has 122 valence electrons. The Morgan fingerprint density at radius 3 is 2.83 bits per heavy atom. The number of nitrogens with zero attached hydrogens (tertiary/aromatic N) is 1. The van der Waals surface area contributed by atoms with Crippen molar-refractivity contribution in [3.8, 4) is 11.5 Å². The molecule has 1 amide bonds. The number of fused-ring (bicyclic) bond motifs is 2. The van der Waals surface area contributed by atoms with Crippen LogP contribution in [0.4, 0.5) is 5.69 Å². The average Bonchev–Trinajstić information content (AvgIpc) is 3.30. The number of hydrogen-bond donors (Lipinski definition) is 1. The number of carbonyl (C=O) groups excluding carboxylic acids is 1. The summed E-state index contributed by atoms with van der Waals surface area (Å²) in [5, 5.41) is 3.99. The molecule has 0 aromatic heterocycles. The van der Waals surface area contributed by atoms with Crippen LogP contribution in [0.2, 0.25) is 5.02 Å². The lowest BCUT2D eigenvalue weighted by molar-refractivity contribution is 0.0666. The standard InChI is InChI=1S/C18H15ClN2O3/c19-13-7-10(8-15-16(13)24-9-23-15)17-20-14-4-2-1-3-12(14)18(22)21(17)11-5-6-11/h1-4,7-8,11,17,20H,5-6,9H2/t17-/m0/s1. The van der Waals surface area contributed by atoms with E-state index in [2.05, 4.69) is 5.32 Å². The summed E-state index contributed by atoms with van der Waals surface area (Å²) in [6, 6.07) is 11.6. The van der Waals surface area contributed by atoms with Gasteiger partial charge in [0.05, 0.1) is 10.6 Å². The molecule has 1 fully saturated rings. The molecule has 1 saturated carbocycles. The monoisotopic (exact) mass is 342 g/mol. The normalized spacial score (nSPS) is 21.5. The maximum Gasteiger partial charge on any atom is 0.258 e. The van der Waals surface area contributed by atoms with Gasteiger partial charge in [-0.05, 0) is 37.1 Å². The van der Waals surface area contributed by atoms with Crippen LogP contribution in [0, 0.1) is 0 Å². The maximum absolute atomic E-state index is 13.0. The van der Waals surface area contributed by atoms with Gasteiger partial charge >= 0.3 is 0 Å². The molecule has 2 aromatic rings. The molecule has 0 spiro atoms. The van der Waals surface area contributed by atoms with E-state index in [4.69, 9.17) is 21.1 Å². The molecular weight excluding hydrogens is 328 g/mol. The number of rotatable bonds is 2. The number of anilines is 1. The van der Waals surface area contributed by atoms with Crippen LogP contribution in [0.15, 0.2) is 36.4 Å². The number of halogens is 1. The molecule has 2 aliphatic heterocycles. The molecule has 1 aliphatic carbocycles. The Morgan fingerprint density at radius 1 is 1.17 bits per heavy atom. The predicted molar refractivity (Wildman–Crippen MR) is 89.6 cm³/mol. The van der Waals surface area contributed by atoms with Crippen molar-refractivity contribution in [3.05, 3.63) is 52.5 Å². The van der Waals surface area contributed by atoms with Gasteiger partial charge < -0.3 is 19.7 Å².